The highest BCUT2D eigenvalue weighted by Gasteiger charge is 2.04. The first kappa shape index (κ1) is 14.6. The molecule has 0 fully saturated rings. The maximum Gasteiger partial charge on any atom is 0.226 e. The molecule has 18 heavy (non-hydrogen) atoms. The monoisotopic (exact) mass is 269 g/mol. The van der Waals surface area contributed by atoms with Gasteiger partial charge < -0.3 is 10.6 Å². The largest absolute Gasteiger partial charge is 0.356 e. The molecule has 0 saturated heterocycles. The van der Waals surface area contributed by atoms with Gasteiger partial charge in [0, 0.05) is 25.3 Å². The summed E-state index contributed by atoms with van der Waals surface area (Å²) in [6.07, 6.45) is 3.17. The van der Waals surface area contributed by atoms with Gasteiger partial charge in [0.05, 0.1) is 5.69 Å². The molecule has 1 aromatic heterocycles. The van der Waals surface area contributed by atoms with Crippen LogP contribution in [0.15, 0.2) is 5.38 Å². The lowest BCUT2D eigenvalue weighted by molar-refractivity contribution is -0.119. The summed E-state index contributed by atoms with van der Waals surface area (Å²) in [5.41, 5.74) is 0.922. The number of anilines is 1. The molecule has 0 aliphatic rings. The fraction of sp³-hybridized carbons (Fsp3) is 0.583. The molecule has 100 valence electrons. The minimum Gasteiger partial charge on any atom is -0.356 e. The van der Waals surface area contributed by atoms with Gasteiger partial charge in [-0.3, -0.25) is 9.59 Å². The zero-order valence-corrected chi connectivity index (χ0v) is 11.6. The summed E-state index contributed by atoms with van der Waals surface area (Å²) in [7, 11) is 0. The molecular formula is C12H19N3O2S. The summed E-state index contributed by atoms with van der Waals surface area (Å²) < 4.78 is 0. The Labute approximate surface area is 111 Å². The first-order valence-corrected chi connectivity index (χ1v) is 6.92. The van der Waals surface area contributed by atoms with Crippen LogP contribution in [0.5, 0.6) is 0 Å². The van der Waals surface area contributed by atoms with Crippen molar-refractivity contribution in [1.29, 1.82) is 0 Å². The second-order valence-electron chi connectivity index (χ2n) is 4.14. The molecule has 6 heteroatoms. The van der Waals surface area contributed by atoms with E-state index in [1.54, 1.807) is 0 Å². The highest BCUT2D eigenvalue weighted by molar-refractivity contribution is 7.13. The summed E-state index contributed by atoms with van der Waals surface area (Å²) in [5.74, 6) is -0.00393. The predicted molar refractivity (Wildman–Crippen MR) is 72.6 cm³/mol. The van der Waals surface area contributed by atoms with Gasteiger partial charge >= 0.3 is 0 Å². The van der Waals surface area contributed by atoms with E-state index in [0.29, 0.717) is 18.1 Å². The van der Waals surface area contributed by atoms with Crippen LogP contribution < -0.4 is 10.6 Å². The summed E-state index contributed by atoms with van der Waals surface area (Å²) in [6.45, 7) is 4.08. The second-order valence-corrected chi connectivity index (χ2v) is 4.99. The molecule has 1 heterocycles. The Morgan fingerprint density at radius 1 is 1.33 bits per heavy atom. The van der Waals surface area contributed by atoms with Crippen molar-refractivity contribution in [1.82, 2.24) is 10.3 Å². The minimum absolute atomic E-state index is 0.00359. The standard InChI is InChI=1S/C12H19N3O2S/c1-9-8-18-12(14-9)15-11(17)6-4-3-5-7-13-10(2)16/h8H,3-7H2,1-2H3,(H,13,16)(H,14,15,17). The maximum atomic E-state index is 11.5. The van der Waals surface area contributed by atoms with Crippen molar-refractivity contribution in [3.05, 3.63) is 11.1 Å². The average molecular weight is 269 g/mol. The van der Waals surface area contributed by atoms with Gasteiger partial charge in [-0.2, -0.15) is 0 Å². The van der Waals surface area contributed by atoms with Crippen molar-refractivity contribution in [3.8, 4) is 0 Å². The molecule has 0 unspecified atom stereocenters. The van der Waals surface area contributed by atoms with Crippen LogP contribution in [-0.4, -0.2) is 23.3 Å². The zero-order valence-electron chi connectivity index (χ0n) is 10.8. The number of aryl methyl sites for hydroxylation is 1. The first-order valence-electron chi connectivity index (χ1n) is 6.04. The maximum absolute atomic E-state index is 11.5. The summed E-state index contributed by atoms with van der Waals surface area (Å²) in [5, 5.41) is 8.07. The lowest BCUT2D eigenvalue weighted by Crippen LogP contribution is -2.20. The van der Waals surface area contributed by atoms with Gasteiger partial charge in [-0.1, -0.05) is 6.42 Å². The number of unbranched alkanes of at least 4 members (excludes halogenated alkanes) is 2. The van der Waals surface area contributed by atoms with Crippen molar-refractivity contribution >= 4 is 28.3 Å². The van der Waals surface area contributed by atoms with Gasteiger partial charge in [-0.05, 0) is 19.8 Å². The lowest BCUT2D eigenvalue weighted by atomic mass is 10.2. The highest BCUT2D eigenvalue weighted by atomic mass is 32.1. The number of carbonyl (C=O) groups is 2. The predicted octanol–water partition coefficient (Wildman–Crippen LogP) is 2.09. The Kier molecular flexibility index (Phi) is 6.35. The summed E-state index contributed by atoms with van der Waals surface area (Å²) >= 11 is 1.44. The molecule has 0 aromatic carbocycles. The van der Waals surface area contributed by atoms with E-state index >= 15 is 0 Å². The van der Waals surface area contributed by atoms with Crippen molar-refractivity contribution in [2.75, 3.05) is 11.9 Å². The van der Waals surface area contributed by atoms with E-state index in [1.165, 1.54) is 18.3 Å². The highest BCUT2D eigenvalue weighted by Crippen LogP contribution is 2.14. The number of hydrogen-bond donors (Lipinski definition) is 2. The number of carbonyl (C=O) groups excluding carboxylic acids is 2. The van der Waals surface area contributed by atoms with E-state index < -0.39 is 0 Å². The van der Waals surface area contributed by atoms with Gasteiger partial charge in [-0.15, -0.1) is 11.3 Å². The number of nitrogens with zero attached hydrogens (tertiary/aromatic N) is 1. The summed E-state index contributed by atoms with van der Waals surface area (Å²) in [6, 6.07) is 0. The molecule has 0 radical (unpaired) electrons. The minimum atomic E-state index is -0.00752. The molecule has 1 aromatic rings. The fourth-order valence-electron chi connectivity index (χ4n) is 1.44. The average Bonchev–Trinajstić information content (AvgIpc) is 2.68. The van der Waals surface area contributed by atoms with Crippen LogP contribution in [0, 0.1) is 6.92 Å². The van der Waals surface area contributed by atoms with E-state index in [0.717, 1.165) is 25.0 Å². The third-order valence-electron chi connectivity index (χ3n) is 2.32. The number of aromatic nitrogens is 1. The molecule has 0 atom stereocenters. The molecule has 0 saturated carbocycles. The van der Waals surface area contributed by atoms with Crippen LogP contribution in [0.1, 0.15) is 38.3 Å². The topological polar surface area (TPSA) is 71.1 Å². The van der Waals surface area contributed by atoms with E-state index in [-0.39, 0.29) is 11.8 Å². The van der Waals surface area contributed by atoms with Crippen molar-refractivity contribution in [2.45, 2.75) is 39.5 Å². The number of amides is 2. The molecular weight excluding hydrogens is 250 g/mol. The van der Waals surface area contributed by atoms with Crippen LogP contribution in [0.3, 0.4) is 0 Å². The number of hydrogen-bond acceptors (Lipinski definition) is 4. The van der Waals surface area contributed by atoms with Crippen molar-refractivity contribution in [3.63, 3.8) is 0 Å². The second kappa shape index (κ2) is 7.81. The van der Waals surface area contributed by atoms with Gasteiger partial charge in [0.2, 0.25) is 11.8 Å². The number of rotatable bonds is 7. The smallest absolute Gasteiger partial charge is 0.226 e. The first-order chi connectivity index (χ1) is 8.58. The quantitative estimate of drug-likeness (QED) is 0.744. The molecule has 1 rings (SSSR count). The van der Waals surface area contributed by atoms with Crippen molar-refractivity contribution < 1.29 is 9.59 Å². The number of thiazole rings is 1. The molecule has 0 bridgehead atoms. The Bertz CT molecular complexity index is 404. The SMILES string of the molecule is CC(=O)NCCCCCC(=O)Nc1nc(C)cs1. The zero-order chi connectivity index (χ0) is 13.4. The normalized spacial score (nSPS) is 10.1. The van der Waals surface area contributed by atoms with Gasteiger partial charge in [0.25, 0.3) is 0 Å². The third kappa shape index (κ3) is 6.34. The van der Waals surface area contributed by atoms with Crippen LogP contribution in [0.4, 0.5) is 5.13 Å². The lowest BCUT2D eigenvalue weighted by Gasteiger charge is -2.03. The van der Waals surface area contributed by atoms with Crippen LogP contribution in [0.2, 0.25) is 0 Å². The Balaban J connectivity index is 2.05. The van der Waals surface area contributed by atoms with E-state index in [9.17, 15) is 9.59 Å². The van der Waals surface area contributed by atoms with Crippen molar-refractivity contribution in [2.24, 2.45) is 0 Å². The Hall–Kier alpha value is -1.43. The van der Waals surface area contributed by atoms with Crippen LogP contribution >= 0.6 is 11.3 Å². The molecule has 2 N–H and O–H groups in total. The van der Waals surface area contributed by atoms with Gasteiger partial charge in [-0.25, -0.2) is 4.98 Å². The van der Waals surface area contributed by atoms with Crippen LogP contribution in [0.25, 0.3) is 0 Å². The van der Waals surface area contributed by atoms with Gasteiger partial charge in [0.1, 0.15) is 0 Å². The van der Waals surface area contributed by atoms with E-state index in [2.05, 4.69) is 15.6 Å². The fourth-order valence-corrected chi connectivity index (χ4v) is 2.15. The molecule has 5 nitrogen and oxygen atoms in total. The third-order valence-corrected chi connectivity index (χ3v) is 3.20. The van der Waals surface area contributed by atoms with Crippen LogP contribution in [-0.2, 0) is 9.59 Å². The Morgan fingerprint density at radius 3 is 2.72 bits per heavy atom. The van der Waals surface area contributed by atoms with Gasteiger partial charge in [0.15, 0.2) is 5.13 Å². The Morgan fingerprint density at radius 2 is 2.11 bits per heavy atom. The molecule has 0 aliphatic heterocycles. The molecule has 2 amide bonds. The summed E-state index contributed by atoms with van der Waals surface area (Å²) in [4.78, 5) is 26.3. The number of nitrogens with one attached hydrogen (secondary N) is 2. The molecule has 0 aliphatic carbocycles. The molecule has 0 spiro atoms. The van der Waals surface area contributed by atoms with E-state index in [4.69, 9.17) is 0 Å². The van der Waals surface area contributed by atoms with E-state index in [1.807, 2.05) is 12.3 Å².